The molecule has 108 valence electrons. The molecule has 0 atom stereocenters. The molecule has 3 heteroatoms. The van der Waals surface area contributed by atoms with Crippen LogP contribution in [-0.2, 0) is 6.54 Å². The van der Waals surface area contributed by atoms with Crippen LogP contribution < -0.4 is 14.8 Å². The number of terminal acetylenes is 1. The summed E-state index contributed by atoms with van der Waals surface area (Å²) in [5.74, 6) is 4.17. The maximum Gasteiger partial charge on any atom is 0.148 e. The monoisotopic (exact) mass is 281 g/mol. The molecule has 3 nitrogen and oxygen atoms in total. The minimum absolute atomic E-state index is 0.278. The van der Waals surface area contributed by atoms with E-state index in [2.05, 4.69) is 11.2 Å². The van der Waals surface area contributed by atoms with Crippen molar-refractivity contribution in [1.82, 2.24) is 0 Å². The number of para-hydroxylation sites is 1. The van der Waals surface area contributed by atoms with Gasteiger partial charge in [0.05, 0.1) is 6.61 Å². The minimum atomic E-state index is 0.278. The van der Waals surface area contributed by atoms with E-state index in [4.69, 9.17) is 15.9 Å². The average molecular weight is 281 g/mol. The molecule has 0 fully saturated rings. The number of rotatable bonds is 7. The lowest BCUT2D eigenvalue weighted by Crippen LogP contribution is -2.03. The predicted octanol–water partition coefficient (Wildman–Crippen LogP) is 3.71. The summed E-state index contributed by atoms with van der Waals surface area (Å²) in [6, 6.07) is 15.8. The van der Waals surface area contributed by atoms with Gasteiger partial charge in [-0.15, -0.1) is 6.42 Å². The SMILES string of the molecule is C#CCOc1ccccc1CNc1ccc(OCC)cc1. The molecule has 2 rings (SSSR count). The summed E-state index contributed by atoms with van der Waals surface area (Å²) in [6.45, 7) is 3.60. The van der Waals surface area contributed by atoms with Gasteiger partial charge in [0.2, 0.25) is 0 Å². The second-order valence-corrected chi connectivity index (χ2v) is 4.41. The Morgan fingerprint density at radius 2 is 1.81 bits per heavy atom. The molecule has 0 unspecified atom stereocenters. The molecular weight excluding hydrogens is 262 g/mol. The van der Waals surface area contributed by atoms with Crippen LogP contribution in [0.3, 0.4) is 0 Å². The first-order chi connectivity index (χ1) is 10.3. The summed E-state index contributed by atoms with van der Waals surface area (Å²) >= 11 is 0. The Labute approximate surface area is 125 Å². The third-order valence-corrected chi connectivity index (χ3v) is 2.93. The first-order valence-corrected chi connectivity index (χ1v) is 6.94. The van der Waals surface area contributed by atoms with Crippen molar-refractivity contribution in [2.24, 2.45) is 0 Å². The second kappa shape index (κ2) is 7.86. The third-order valence-electron chi connectivity index (χ3n) is 2.93. The number of nitrogens with one attached hydrogen (secondary N) is 1. The predicted molar refractivity (Wildman–Crippen MR) is 85.7 cm³/mol. The average Bonchev–Trinajstić information content (AvgIpc) is 2.53. The first-order valence-electron chi connectivity index (χ1n) is 6.94. The van der Waals surface area contributed by atoms with Crippen LogP contribution in [0.2, 0.25) is 0 Å². The highest BCUT2D eigenvalue weighted by atomic mass is 16.5. The van der Waals surface area contributed by atoms with Crippen molar-refractivity contribution in [1.29, 1.82) is 0 Å². The molecule has 0 saturated carbocycles. The standard InChI is InChI=1S/C18H19NO2/c1-3-13-21-18-8-6-5-7-15(18)14-19-16-9-11-17(12-10-16)20-4-2/h1,5-12,19H,4,13-14H2,2H3. The van der Waals surface area contributed by atoms with Crippen molar-refractivity contribution in [3.8, 4) is 23.8 Å². The fourth-order valence-electron chi connectivity index (χ4n) is 1.94. The van der Waals surface area contributed by atoms with Gasteiger partial charge in [-0.3, -0.25) is 0 Å². The largest absolute Gasteiger partial charge is 0.494 e. The van der Waals surface area contributed by atoms with Crippen LogP contribution in [0.1, 0.15) is 12.5 Å². The van der Waals surface area contributed by atoms with E-state index in [0.29, 0.717) is 13.2 Å². The summed E-state index contributed by atoms with van der Waals surface area (Å²) in [5.41, 5.74) is 2.10. The zero-order valence-electron chi connectivity index (χ0n) is 12.1. The van der Waals surface area contributed by atoms with Crippen molar-refractivity contribution in [3.63, 3.8) is 0 Å². The topological polar surface area (TPSA) is 30.5 Å². The summed E-state index contributed by atoms with van der Waals surface area (Å²) in [4.78, 5) is 0. The molecule has 0 aromatic heterocycles. The quantitative estimate of drug-likeness (QED) is 0.785. The lowest BCUT2D eigenvalue weighted by atomic mass is 10.2. The van der Waals surface area contributed by atoms with Gasteiger partial charge in [-0.2, -0.15) is 0 Å². The Balaban J connectivity index is 1.98. The van der Waals surface area contributed by atoms with Crippen molar-refractivity contribution in [2.45, 2.75) is 13.5 Å². The third kappa shape index (κ3) is 4.47. The van der Waals surface area contributed by atoms with Crippen LogP contribution >= 0.6 is 0 Å². The van der Waals surface area contributed by atoms with Crippen LogP contribution in [0, 0.1) is 12.3 Å². The highest BCUT2D eigenvalue weighted by Crippen LogP contribution is 2.21. The number of benzene rings is 2. The van der Waals surface area contributed by atoms with E-state index < -0.39 is 0 Å². The van der Waals surface area contributed by atoms with Gasteiger partial charge in [-0.1, -0.05) is 24.1 Å². The Morgan fingerprint density at radius 3 is 2.52 bits per heavy atom. The fraction of sp³-hybridized carbons (Fsp3) is 0.222. The molecule has 0 spiro atoms. The Morgan fingerprint density at radius 1 is 1.05 bits per heavy atom. The number of hydrogen-bond donors (Lipinski definition) is 1. The lowest BCUT2D eigenvalue weighted by Gasteiger charge is -2.12. The Bertz CT molecular complexity index is 599. The van der Waals surface area contributed by atoms with Gasteiger partial charge >= 0.3 is 0 Å². The van der Waals surface area contributed by atoms with Gasteiger partial charge in [0.1, 0.15) is 18.1 Å². The van der Waals surface area contributed by atoms with E-state index >= 15 is 0 Å². The first kappa shape index (κ1) is 14.8. The van der Waals surface area contributed by atoms with Crippen LogP contribution in [-0.4, -0.2) is 13.2 Å². The summed E-state index contributed by atoms with van der Waals surface area (Å²) in [5, 5.41) is 3.36. The molecule has 0 saturated heterocycles. The normalized spacial score (nSPS) is 9.71. The summed E-state index contributed by atoms with van der Waals surface area (Å²) < 4.78 is 11.0. The molecule has 0 radical (unpaired) electrons. The van der Waals surface area contributed by atoms with E-state index in [-0.39, 0.29) is 6.61 Å². The van der Waals surface area contributed by atoms with Gasteiger partial charge in [0.25, 0.3) is 0 Å². The number of ether oxygens (including phenoxy) is 2. The van der Waals surface area contributed by atoms with Gasteiger partial charge in [0, 0.05) is 17.8 Å². The Kier molecular flexibility index (Phi) is 5.54. The molecule has 1 N–H and O–H groups in total. The van der Waals surface area contributed by atoms with E-state index in [9.17, 15) is 0 Å². The zero-order chi connectivity index (χ0) is 14.9. The molecule has 2 aromatic rings. The molecule has 21 heavy (non-hydrogen) atoms. The van der Waals surface area contributed by atoms with Crippen molar-refractivity contribution in [2.75, 3.05) is 18.5 Å². The number of hydrogen-bond acceptors (Lipinski definition) is 3. The van der Waals surface area contributed by atoms with Crippen LogP contribution in [0.25, 0.3) is 0 Å². The van der Waals surface area contributed by atoms with E-state index in [1.54, 1.807) is 0 Å². The van der Waals surface area contributed by atoms with Crippen LogP contribution in [0.4, 0.5) is 5.69 Å². The fourth-order valence-corrected chi connectivity index (χ4v) is 1.94. The molecular formula is C18H19NO2. The smallest absolute Gasteiger partial charge is 0.148 e. The molecule has 0 aliphatic carbocycles. The molecule has 0 amide bonds. The maximum absolute atomic E-state index is 5.53. The van der Waals surface area contributed by atoms with Gasteiger partial charge < -0.3 is 14.8 Å². The second-order valence-electron chi connectivity index (χ2n) is 4.41. The molecule has 0 heterocycles. The Hall–Kier alpha value is -2.60. The maximum atomic E-state index is 5.53. The molecule has 0 bridgehead atoms. The van der Waals surface area contributed by atoms with Gasteiger partial charge in [-0.05, 0) is 37.3 Å². The van der Waals surface area contributed by atoms with E-state index in [1.807, 2.05) is 55.5 Å². The lowest BCUT2D eigenvalue weighted by molar-refractivity contribution is 0.340. The molecule has 2 aromatic carbocycles. The van der Waals surface area contributed by atoms with Crippen molar-refractivity contribution < 1.29 is 9.47 Å². The minimum Gasteiger partial charge on any atom is -0.494 e. The zero-order valence-corrected chi connectivity index (χ0v) is 12.1. The van der Waals surface area contributed by atoms with Crippen molar-refractivity contribution >= 4 is 5.69 Å². The number of anilines is 1. The van der Waals surface area contributed by atoms with E-state index in [1.165, 1.54) is 0 Å². The van der Waals surface area contributed by atoms with Gasteiger partial charge in [-0.25, -0.2) is 0 Å². The molecule has 0 aliphatic heterocycles. The van der Waals surface area contributed by atoms with Crippen LogP contribution in [0.5, 0.6) is 11.5 Å². The van der Waals surface area contributed by atoms with E-state index in [0.717, 1.165) is 22.7 Å². The highest BCUT2D eigenvalue weighted by molar-refractivity contribution is 5.48. The van der Waals surface area contributed by atoms with Crippen LogP contribution in [0.15, 0.2) is 48.5 Å². The highest BCUT2D eigenvalue weighted by Gasteiger charge is 2.02. The van der Waals surface area contributed by atoms with Crippen molar-refractivity contribution in [3.05, 3.63) is 54.1 Å². The summed E-state index contributed by atoms with van der Waals surface area (Å²) in [7, 11) is 0. The summed E-state index contributed by atoms with van der Waals surface area (Å²) in [6.07, 6.45) is 5.23. The molecule has 0 aliphatic rings. The van der Waals surface area contributed by atoms with Gasteiger partial charge in [0.15, 0.2) is 0 Å².